The van der Waals surface area contributed by atoms with Crippen molar-refractivity contribution in [1.29, 1.82) is 0 Å². The van der Waals surface area contributed by atoms with E-state index in [9.17, 15) is 4.39 Å². The van der Waals surface area contributed by atoms with E-state index < -0.39 is 0 Å². The average Bonchev–Trinajstić information content (AvgIpc) is 2.61. The standard InChI is InChI=1S/C18H21BrFN3O2/c1-21-18(22-10-12-6-14(19)8-15(20)7-12)23-11-13-4-5-16(24-2)9-17(13)25-3/h4-9H,10-11H2,1-3H3,(H2,21,22,23). The number of methoxy groups -OCH3 is 2. The Bertz CT molecular complexity index is 733. The number of ether oxygens (including phenoxy) is 2. The molecule has 0 unspecified atom stereocenters. The molecule has 0 aromatic heterocycles. The first-order valence-electron chi connectivity index (χ1n) is 7.66. The van der Waals surface area contributed by atoms with Crippen LogP contribution < -0.4 is 20.1 Å². The molecular weight excluding hydrogens is 389 g/mol. The summed E-state index contributed by atoms with van der Waals surface area (Å²) in [7, 11) is 4.92. The van der Waals surface area contributed by atoms with Crippen LogP contribution in [0.15, 0.2) is 45.9 Å². The van der Waals surface area contributed by atoms with E-state index in [0.29, 0.717) is 23.5 Å². The number of nitrogens with one attached hydrogen (secondary N) is 2. The second-order valence-electron chi connectivity index (χ2n) is 5.23. The monoisotopic (exact) mass is 409 g/mol. The van der Waals surface area contributed by atoms with Crippen LogP contribution in [0, 0.1) is 5.82 Å². The van der Waals surface area contributed by atoms with Crippen LogP contribution in [0.1, 0.15) is 11.1 Å². The number of halogens is 2. The summed E-state index contributed by atoms with van der Waals surface area (Å²) in [6, 6.07) is 10.4. The van der Waals surface area contributed by atoms with E-state index in [-0.39, 0.29) is 5.82 Å². The molecule has 2 rings (SSSR count). The van der Waals surface area contributed by atoms with Crippen LogP contribution in [0.4, 0.5) is 4.39 Å². The SMILES string of the molecule is CN=C(NCc1cc(F)cc(Br)c1)NCc1ccc(OC)cc1OC. The summed E-state index contributed by atoms with van der Waals surface area (Å²) in [5.41, 5.74) is 1.79. The van der Waals surface area contributed by atoms with Crippen molar-refractivity contribution in [3.05, 3.63) is 57.8 Å². The highest BCUT2D eigenvalue weighted by molar-refractivity contribution is 9.10. The Morgan fingerprint density at radius 2 is 1.84 bits per heavy atom. The third-order valence-corrected chi connectivity index (χ3v) is 4.00. The van der Waals surface area contributed by atoms with Crippen molar-refractivity contribution in [3.8, 4) is 11.5 Å². The van der Waals surface area contributed by atoms with Crippen LogP contribution in [-0.4, -0.2) is 27.2 Å². The maximum absolute atomic E-state index is 13.4. The van der Waals surface area contributed by atoms with E-state index in [1.807, 2.05) is 24.3 Å². The quantitative estimate of drug-likeness (QED) is 0.566. The molecule has 0 fully saturated rings. The molecule has 2 N–H and O–H groups in total. The molecule has 0 bridgehead atoms. The van der Waals surface area contributed by atoms with Crippen molar-refractivity contribution < 1.29 is 13.9 Å². The van der Waals surface area contributed by atoms with Gasteiger partial charge in [-0.25, -0.2) is 4.39 Å². The summed E-state index contributed by atoms with van der Waals surface area (Å²) in [6.07, 6.45) is 0. The zero-order valence-electron chi connectivity index (χ0n) is 14.4. The second-order valence-corrected chi connectivity index (χ2v) is 6.15. The normalized spacial score (nSPS) is 11.2. The Kier molecular flexibility index (Phi) is 7.06. The molecule has 2 aromatic rings. The summed E-state index contributed by atoms with van der Waals surface area (Å²) < 4.78 is 24.7. The first kappa shape index (κ1) is 19.1. The number of benzene rings is 2. The zero-order chi connectivity index (χ0) is 18.2. The van der Waals surface area contributed by atoms with Crippen LogP contribution in [0.25, 0.3) is 0 Å². The lowest BCUT2D eigenvalue weighted by Gasteiger charge is -2.14. The maximum atomic E-state index is 13.4. The van der Waals surface area contributed by atoms with Gasteiger partial charge in [0.05, 0.1) is 14.2 Å². The second kappa shape index (κ2) is 9.27. The molecule has 0 amide bonds. The molecule has 0 saturated carbocycles. The van der Waals surface area contributed by atoms with Gasteiger partial charge < -0.3 is 20.1 Å². The summed E-state index contributed by atoms with van der Waals surface area (Å²) in [5, 5.41) is 6.37. The van der Waals surface area contributed by atoms with Gasteiger partial charge in [-0.2, -0.15) is 0 Å². The zero-order valence-corrected chi connectivity index (χ0v) is 16.0. The number of guanidine groups is 1. The van der Waals surface area contributed by atoms with E-state index in [2.05, 4.69) is 31.6 Å². The number of rotatable bonds is 6. The number of hydrogen-bond acceptors (Lipinski definition) is 3. The minimum Gasteiger partial charge on any atom is -0.497 e. The summed E-state index contributed by atoms with van der Waals surface area (Å²) in [4.78, 5) is 4.18. The van der Waals surface area contributed by atoms with Crippen molar-refractivity contribution in [3.63, 3.8) is 0 Å². The summed E-state index contributed by atoms with van der Waals surface area (Å²) in [5.74, 6) is 1.80. The molecule has 0 saturated heterocycles. The molecule has 134 valence electrons. The predicted molar refractivity (Wildman–Crippen MR) is 101 cm³/mol. The Morgan fingerprint density at radius 1 is 1.08 bits per heavy atom. The van der Waals surface area contributed by atoms with Crippen LogP contribution in [0.5, 0.6) is 11.5 Å². The lowest BCUT2D eigenvalue weighted by Crippen LogP contribution is -2.36. The van der Waals surface area contributed by atoms with Crippen molar-refractivity contribution >= 4 is 21.9 Å². The van der Waals surface area contributed by atoms with E-state index in [4.69, 9.17) is 9.47 Å². The van der Waals surface area contributed by atoms with Crippen molar-refractivity contribution in [2.75, 3.05) is 21.3 Å². The van der Waals surface area contributed by atoms with Gasteiger partial charge in [0, 0.05) is 36.2 Å². The first-order chi connectivity index (χ1) is 12.0. The van der Waals surface area contributed by atoms with Gasteiger partial charge in [-0.15, -0.1) is 0 Å². The average molecular weight is 410 g/mol. The lowest BCUT2D eigenvalue weighted by atomic mass is 10.2. The minimum absolute atomic E-state index is 0.280. The molecule has 7 heteroatoms. The third-order valence-electron chi connectivity index (χ3n) is 3.55. The lowest BCUT2D eigenvalue weighted by molar-refractivity contribution is 0.390. The van der Waals surface area contributed by atoms with Crippen molar-refractivity contribution in [1.82, 2.24) is 10.6 Å². The Hall–Kier alpha value is -2.28. The number of aliphatic imine (C=N–C) groups is 1. The molecular formula is C18H21BrFN3O2. The molecule has 0 aliphatic carbocycles. The molecule has 0 aliphatic heterocycles. The van der Waals surface area contributed by atoms with E-state index >= 15 is 0 Å². The maximum Gasteiger partial charge on any atom is 0.191 e. The molecule has 0 spiro atoms. The summed E-state index contributed by atoms with van der Waals surface area (Å²) in [6.45, 7) is 0.982. The molecule has 0 radical (unpaired) electrons. The summed E-state index contributed by atoms with van der Waals surface area (Å²) >= 11 is 3.29. The highest BCUT2D eigenvalue weighted by Gasteiger charge is 2.07. The van der Waals surface area contributed by atoms with Gasteiger partial charge in [0.2, 0.25) is 0 Å². The van der Waals surface area contributed by atoms with Gasteiger partial charge in [0.1, 0.15) is 17.3 Å². The van der Waals surface area contributed by atoms with Gasteiger partial charge in [0.25, 0.3) is 0 Å². The van der Waals surface area contributed by atoms with Crippen molar-refractivity contribution in [2.24, 2.45) is 4.99 Å². The largest absolute Gasteiger partial charge is 0.497 e. The van der Waals surface area contributed by atoms with Gasteiger partial charge in [0.15, 0.2) is 5.96 Å². The fraction of sp³-hybridized carbons (Fsp3) is 0.278. The Balaban J connectivity index is 1.96. The van der Waals surface area contributed by atoms with E-state index in [1.165, 1.54) is 12.1 Å². The molecule has 0 atom stereocenters. The fourth-order valence-electron chi connectivity index (χ4n) is 2.30. The Morgan fingerprint density at radius 3 is 2.48 bits per heavy atom. The fourth-order valence-corrected chi connectivity index (χ4v) is 2.81. The topological polar surface area (TPSA) is 54.9 Å². The van der Waals surface area contributed by atoms with Crippen LogP contribution in [0.3, 0.4) is 0 Å². The van der Waals surface area contributed by atoms with Crippen LogP contribution >= 0.6 is 15.9 Å². The minimum atomic E-state index is -0.280. The molecule has 5 nitrogen and oxygen atoms in total. The van der Waals surface area contributed by atoms with E-state index in [0.717, 1.165) is 22.6 Å². The molecule has 2 aromatic carbocycles. The Labute approximate surface area is 155 Å². The first-order valence-corrected chi connectivity index (χ1v) is 8.45. The highest BCUT2D eigenvalue weighted by atomic mass is 79.9. The van der Waals surface area contributed by atoms with Crippen LogP contribution in [-0.2, 0) is 13.1 Å². The number of hydrogen-bond donors (Lipinski definition) is 2. The number of nitrogens with zero attached hydrogens (tertiary/aromatic N) is 1. The van der Waals surface area contributed by atoms with Crippen LogP contribution in [0.2, 0.25) is 0 Å². The van der Waals surface area contributed by atoms with Crippen molar-refractivity contribution in [2.45, 2.75) is 13.1 Å². The smallest absolute Gasteiger partial charge is 0.191 e. The van der Waals surface area contributed by atoms with Gasteiger partial charge >= 0.3 is 0 Å². The third kappa shape index (κ3) is 5.63. The van der Waals surface area contributed by atoms with Gasteiger partial charge in [-0.3, -0.25) is 4.99 Å². The molecule has 0 aliphatic rings. The highest BCUT2D eigenvalue weighted by Crippen LogP contribution is 2.24. The molecule has 0 heterocycles. The molecule has 25 heavy (non-hydrogen) atoms. The predicted octanol–water partition coefficient (Wildman–Crippen LogP) is 3.47. The van der Waals surface area contributed by atoms with Gasteiger partial charge in [-0.1, -0.05) is 15.9 Å². The van der Waals surface area contributed by atoms with Gasteiger partial charge in [-0.05, 0) is 35.9 Å². The van der Waals surface area contributed by atoms with E-state index in [1.54, 1.807) is 21.3 Å².